The number of rotatable bonds is 6. The van der Waals surface area contributed by atoms with Gasteiger partial charge in [0.1, 0.15) is 0 Å². The highest BCUT2D eigenvalue weighted by Crippen LogP contribution is 2.08. The second kappa shape index (κ2) is 5.82. The van der Waals surface area contributed by atoms with E-state index in [9.17, 15) is 4.79 Å². The Morgan fingerprint density at radius 1 is 1.65 bits per heavy atom. The molecule has 0 aromatic carbocycles. The number of carbonyl (C=O) groups excluding carboxylic acids is 1. The molecule has 5 heteroatoms. The van der Waals surface area contributed by atoms with Crippen LogP contribution in [0.1, 0.15) is 32.3 Å². The van der Waals surface area contributed by atoms with Crippen molar-refractivity contribution in [2.75, 3.05) is 6.54 Å². The van der Waals surface area contributed by atoms with Crippen molar-refractivity contribution in [2.24, 2.45) is 12.8 Å². The van der Waals surface area contributed by atoms with Crippen molar-refractivity contribution < 1.29 is 4.79 Å². The SMILES string of the molecule is CCCC(C)(N)C(=O)NCCc1cnn(C)c1. The van der Waals surface area contributed by atoms with E-state index in [0.717, 1.165) is 18.4 Å². The van der Waals surface area contributed by atoms with E-state index < -0.39 is 5.54 Å². The third-order valence-electron chi connectivity index (χ3n) is 2.75. The van der Waals surface area contributed by atoms with Gasteiger partial charge in [0.05, 0.1) is 11.7 Å². The van der Waals surface area contributed by atoms with E-state index >= 15 is 0 Å². The number of aromatic nitrogens is 2. The topological polar surface area (TPSA) is 72.9 Å². The predicted octanol–water partition coefficient (Wildman–Crippen LogP) is 0.596. The molecule has 1 unspecified atom stereocenters. The molecule has 17 heavy (non-hydrogen) atoms. The molecule has 0 fully saturated rings. The van der Waals surface area contributed by atoms with Crippen molar-refractivity contribution >= 4 is 5.91 Å². The molecule has 0 radical (unpaired) electrons. The number of nitrogens with two attached hydrogens (primary N) is 1. The Balaban J connectivity index is 2.33. The van der Waals surface area contributed by atoms with Gasteiger partial charge in [-0.15, -0.1) is 0 Å². The van der Waals surface area contributed by atoms with Gasteiger partial charge in [-0.05, 0) is 25.3 Å². The van der Waals surface area contributed by atoms with Gasteiger partial charge < -0.3 is 11.1 Å². The number of nitrogens with one attached hydrogen (secondary N) is 1. The second-order valence-electron chi connectivity index (χ2n) is 4.70. The number of hydrogen-bond acceptors (Lipinski definition) is 3. The molecule has 0 bridgehead atoms. The Labute approximate surface area is 102 Å². The van der Waals surface area contributed by atoms with E-state index in [4.69, 9.17) is 5.73 Å². The molecule has 0 saturated heterocycles. The number of amides is 1. The molecule has 3 N–H and O–H groups in total. The maximum absolute atomic E-state index is 11.8. The molecule has 1 aromatic rings. The average molecular weight is 238 g/mol. The van der Waals surface area contributed by atoms with Crippen molar-refractivity contribution in [3.05, 3.63) is 18.0 Å². The Morgan fingerprint density at radius 2 is 2.35 bits per heavy atom. The number of nitrogens with zero attached hydrogens (tertiary/aromatic N) is 2. The fourth-order valence-electron chi connectivity index (χ4n) is 1.76. The van der Waals surface area contributed by atoms with Crippen molar-refractivity contribution in [3.8, 4) is 0 Å². The summed E-state index contributed by atoms with van der Waals surface area (Å²) in [6.07, 6.45) is 6.14. The van der Waals surface area contributed by atoms with Gasteiger partial charge in [0.15, 0.2) is 0 Å². The van der Waals surface area contributed by atoms with Crippen molar-refractivity contribution in [2.45, 2.75) is 38.6 Å². The van der Waals surface area contributed by atoms with E-state index in [1.54, 1.807) is 17.8 Å². The zero-order valence-electron chi connectivity index (χ0n) is 10.9. The van der Waals surface area contributed by atoms with E-state index in [1.165, 1.54) is 0 Å². The van der Waals surface area contributed by atoms with Crippen LogP contribution in [0.3, 0.4) is 0 Å². The lowest BCUT2D eigenvalue weighted by Crippen LogP contribution is -2.51. The third-order valence-corrected chi connectivity index (χ3v) is 2.75. The molecule has 1 aromatic heterocycles. The zero-order valence-corrected chi connectivity index (χ0v) is 10.9. The van der Waals surface area contributed by atoms with Gasteiger partial charge in [-0.1, -0.05) is 13.3 Å². The smallest absolute Gasteiger partial charge is 0.239 e. The van der Waals surface area contributed by atoms with Gasteiger partial charge in [-0.25, -0.2) is 0 Å². The van der Waals surface area contributed by atoms with Gasteiger partial charge in [0.2, 0.25) is 5.91 Å². The summed E-state index contributed by atoms with van der Waals surface area (Å²) < 4.78 is 1.75. The first-order valence-corrected chi connectivity index (χ1v) is 6.00. The Bertz CT molecular complexity index is 370. The Morgan fingerprint density at radius 3 is 2.88 bits per heavy atom. The molecule has 0 saturated carbocycles. The molecule has 1 heterocycles. The lowest BCUT2D eigenvalue weighted by molar-refractivity contribution is -0.126. The molecule has 1 atom stereocenters. The Hall–Kier alpha value is -1.36. The lowest BCUT2D eigenvalue weighted by atomic mass is 9.96. The summed E-state index contributed by atoms with van der Waals surface area (Å²) in [7, 11) is 1.88. The summed E-state index contributed by atoms with van der Waals surface area (Å²) in [5.74, 6) is -0.0803. The number of carbonyl (C=O) groups is 1. The van der Waals surface area contributed by atoms with Crippen LogP contribution in [0, 0.1) is 0 Å². The van der Waals surface area contributed by atoms with E-state index in [2.05, 4.69) is 10.4 Å². The minimum atomic E-state index is -0.760. The summed E-state index contributed by atoms with van der Waals surface area (Å²) in [5.41, 5.74) is 6.28. The standard InChI is InChI=1S/C12H22N4O/c1-4-6-12(2,13)11(17)14-7-5-10-8-15-16(3)9-10/h8-9H,4-7,13H2,1-3H3,(H,14,17). The maximum atomic E-state index is 11.8. The molecule has 5 nitrogen and oxygen atoms in total. The first-order valence-electron chi connectivity index (χ1n) is 6.00. The van der Waals surface area contributed by atoms with Gasteiger partial charge in [0.25, 0.3) is 0 Å². The van der Waals surface area contributed by atoms with Crippen molar-refractivity contribution in [1.29, 1.82) is 0 Å². The van der Waals surface area contributed by atoms with Crippen LogP contribution in [0.25, 0.3) is 0 Å². The molecule has 0 aliphatic heterocycles. The lowest BCUT2D eigenvalue weighted by Gasteiger charge is -2.22. The fourth-order valence-corrected chi connectivity index (χ4v) is 1.76. The van der Waals surface area contributed by atoms with Gasteiger partial charge >= 0.3 is 0 Å². The summed E-state index contributed by atoms with van der Waals surface area (Å²) in [4.78, 5) is 11.8. The normalized spacial score (nSPS) is 14.4. The molecule has 0 aliphatic rings. The van der Waals surface area contributed by atoms with E-state index in [0.29, 0.717) is 13.0 Å². The van der Waals surface area contributed by atoms with Crippen LogP contribution >= 0.6 is 0 Å². The van der Waals surface area contributed by atoms with Crippen LogP contribution in [0.4, 0.5) is 0 Å². The fraction of sp³-hybridized carbons (Fsp3) is 0.667. The highest BCUT2D eigenvalue weighted by atomic mass is 16.2. The third kappa shape index (κ3) is 4.19. The quantitative estimate of drug-likeness (QED) is 0.762. The minimum Gasteiger partial charge on any atom is -0.354 e. The van der Waals surface area contributed by atoms with Crippen LogP contribution in [0.15, 0.2) is 12.4 Å². The summed E-state index contributed by atoms with van der Waals surface area (Å²) in [5, 5.41) is 6.94. The second-order valence-corrected chi connectivity index (χ2v) is 4.70. The predicted molar refractivity (Wildman–Crippen MR) is 67.4 cm³/mol. The van der Waals surface area contributed by atoms with E-state index in [-0.39, 0.29) is 5.91 Å². The number of hydrogen-bond donors (Lipinski definition) is 2. The van der Waals surface area contributed by atoms with Crippen LogP contribution in [-0.2, 0) is 18.3 Å². The molecular formula is C12H22N4O. The van der Waals surface area contributed by atoms with Crippen LogP contribution in [0.2, 0.25) is 0 Å². The first-order chi connectivity index (χ1) is 7.95. The van der Waals surface area contributed by atoms with E-state index in [1.807, 2.05) is 20.2 Å². The summed E-state index contributed by atoms with van der Waals surface area (Å²) in [6.45, 7) is 4.39. The highest BCUT2D eigenvalue weighted by molar-refractivity contribution is 5.85. The largest absolute Gasteiger partial charge is 0.354 e. The summed E-state index contributed by atoms with van der Waals surface area (Å²) >= 11 is 0. The highest BCUT2D eigenvalue weighted by Gasteiger charge is 2.26. The van der Waals surface area contributed by atoms with Crippen molar-refractivity contribution in [3.63, 3.8) is 0 Å². The molecule has 1 amide bonds. The van der Waals surface area contributed by atoms with Gasteiger partial charge in [-0.3, -0.25) is 9.48 Å². The van der Waals surface area contributed by atoms with Crippen LogP contribution in [0.5, 0.6) is 0 Å². The van der Waals surface area contributed by atoms with Gasteiger partial charge in [-0.2, -0.15) is 5.10 Å². The van der Waals surface area contributed by atoms with Crippen LogP contribution in [-0.4, -0.2) is 27.8 Å². The molecule has 0 aliphatic carbocycles. The summed E-state index contributed by atoms with van der Waals surface area (Å²) in [6, 6.07) is 0. The average Bonchev–Trinajstić information content (AvgIpc) is 2.64. The molecular weight excluding hydrogens is 216 g/mol. The maximum Gasteiger partial charge on any atom is 0.239 e. The molecule has 0 spiro atoms. The zero-order chi connectivity index (χ0) is 12.9. The first kappa shape index (κ1) is 13.7. The van der Waals surface area contributed by atoms with Gasteiger partial charge in [0, 0.05) is 19.8 Å². The molecule has 96 valence electrons. The van der Waals surface area contributed by atoms with Crippen molar-refractivity contribution in [1.82, 2.24) is 15.1 Å². The monoisotopic (exact) mass is 238 g/mol. The van der Waals surface area contributed by atoms with Crippen LogP contribution < -0.4 is 11.1 Å². The minimum absolute atomic E-state index is 0.0803. The molecule has 1 rings (SSSR count). The number of aryl methyl sites for hydroxylation is 1. The Kier molecular flexibility index (Phi) is 4.69.